The number of aryl methyl sites for hydroxylation is 2. The molecule has 0 atom stereocenters. The predicted octanol–water partition coefficient (Wildman–Crippen LogP) is 1.57. The standard InChI is InChI=1S/C12H15N3O4S2/c1-6-5-20-9(14-6)4-13-21(18,19)11-7(2)10(12(16)17)15-8(11)3/h5,13,15H,4H2,1-3H3,(H,16,17). The summed E-state index contributed by atoms with van der Waals surface area (Å²) in [4.78, 5) is 17.8. The maximum absolute atomic E-state index is 12.3. The third kappa shape index (κ3) is 3.14. The Labute approximate surface area is 126 Å². The first-order valence-electron chi connectivity index (χ1n) is 6.05. The van der Waals surface area contributed by atoms with Crippen molar-refractivity contribution in [1.29, 1.82) is 0 Å². The topological polar surface area (TPSA) is 112 Å². The fourth-order valence-corrected chi connectivity index (χ4v) is 4.30. The molecule has 0 unspecified atom stereocenters. The van der Waals surface area contributed by atoms with Crippen LogP contribution in [0.25, 0.3) is 0 Å². The molecule has 0 radical (unpaired) electrons. The summed E-state index contributed by atoms with van der Waals surface area (Å²) in [6.07, 6.45) is 0. The number of hydrogen-bond donors (Lipinski definition) is 3. The summed E-state index contributed by atoms with van der Waals surface area (Å²) >= 11 is 1.36. The highest BCUT2D eigenvalue weighted by molar-refractivity contribution is 7.89. The highest BCUT2D eigenvalue weighted by Crippen LogP contribution is 2.23. The Bertz CT molecular complexity index is 790. The maximum atomic E-state index is 12.3. The second kappa shape index (κ2) is 5.58. The normalized spacial score (nSPS) is 11.8. The number of aromatic nitrogens is 2. The van der Waals surface area contributed by atoms with Crippen molar-refractivity contribution in [2.24, 2.45) is 0 Å². The first kappa shape index (κ1) is 15.7. The van der Waals surface area contributed by atoms with Gasteiger partial charge in [-0.25, -0.2) is 22.9 Å². The van der Waals surface area contributed by atoms with Crippen LogP contribution in [0.3, 0.4) is 0 Å². The number of aromatic amines is 1. The molecule has 2 rings (SSSR count). The average molecular weight is 329 g/mol. The Balaban J connectivity index is 2.29. The third-order valence-corrected chi connectivity index (χ3v) is 5.57. The Morgan fingerprint density at radius 3 is 2.57 bits per heavy atom. The smallest absolute Gasteiger partial charge is 0.352 e. The van der Waals surface area contributed by atoms with Gasteiger partial charge in [0.15, 0.2) is 0 Å². The molecular weight excluding hydrogens is 314 g/mol. The van der Waals surface area contributed by atoms with E-state index in [-0.39, 0.29) is 22.7 Å². The van der Waals surface area contributed by atoms with Gasteiger partial charge < -0.3 is 10.1 Å². The molecule has 0 aliphatic rings. The van der Waals surface area contributed by atoms with Crippen LogP contribution < -0.4 is 4.72 Å². The van der Waals surface area contributed by atoms with Crippen LogP contribution in [0.5, 0.6) is 0 Å². The van der Waals surface area contributed by atoms with Crippen LogP contribution in [-0.2, 0) is 16.6 Å². The number of carboxylic acid groups (broad SMARTS) is 1. The Morgan fingerprint density at radius 2 is 2.10 bits per heavy atom. The molecule has 0 spiro atoms. The third-order valence-electron chi connectivity index (χ3n) is 2.93. The van der Waals surface area contributed by atoms with Gasteiger partial charge in [0.2, 0.25) is 10.0 Å². The fourth-order valence-electron chi connectivity index (χ4n) is 2.06. The number of hydrogen-bond acceptors (Lipinski definition) is 5. The number of aromatic carboxylic acids is 1. The minimum absolute atomic E-state index is 0.0202. The van der Waals surface area contributed by atoms with E-state index in [1.54, 1.807) is 0 Å². The molecule has 0 saturated carbocycles. The average Bonchev–Trinajstić information content (AvgIpc) is 2.91. The lowest BCUT2D eigenvalue weighted by Crippen LogP contribution is -2.24. The molecule has 0 aliphatic carbocycles. The molecule has 0 bridgehead atoms. The van der Waals surface area contributed by atoms with Gasteiger partial charge in [0.05, 0.1) is 6.54 Å². The van der Waals surface area contributed by atoms with Gasteiger partial charge in [-0.1, -0.05) is 0 Å². The number of sulfonamides is 1. The lowest BCUT2D eigenvalue weighted by molar-refractivity contribution is 0.0690. The van der Waals surface area contributed by atoms with Gasteiger partial charge >= 0.3 is 5.97 Å². The van der Waals surface area contributed by atoms with Crippen molar-refractivity contribution >= 4 is 27.3 Å². The van der Waals surface area contributed by atoms with Crippen LogP contribution in [-0.4, -0.2) is 29.5 Å². The summed E-state index contributed by atoms with van der Waals surface area (Å²) in [5.74, 6) is -1.19. The molecule has 0 saturated heterocycles. The summed E-state index contributed by atoms with van der Waals surface area (Å²) in [5, 5.41) is 11.5. The van der Waals surface area contributed by atoms with E-state index in [0.29, 0.717) is 10.7 Å². The summed E-state index contributed by atoms with van der Waals surface area (Å²) in [7, 11) is -3.80. The summed E-state index contributed by atoms with van der Waals surface area (Å²) in [6.45, 7) is 4.90. The predicted molar refractivity (Wildman–Crippen MR) is 78.1 cm³/mol. The molecule has 2 aromatic heterocycles. The summed E-state index contributed by atoms with van der Waals surface area (Å²) in [6, 6.07) is 0. The molecule has 0 fully saturated rings. The van der Waals surface area contributed by atoms with Gasteiger partial charge in [0.25, 0.3) is 0 Å². The highest BCUT2D eigenvalue weighted by atomic mass is 32.2. The molecule has 2 aromatic rings. The second-order valence-electron chi connectivity index (χ2n) is 4.59. The van der Waals surface area contributed by atoms with Crippen molar-refractivity contribution < 1.29 is 18.3 Å². The Kier molecular flexibility index (Phi) is 4.17. The molecule has 0 amide bonds. The minimum Gasteiger partial charge on any atom is -0.477 e. The largest absolute Gasteiger partial charge is 0.477 e. The first-order chi connectivity index (χ1) is 9.72. The number of thiazole rings is 1. The lowest BCUT2D eigenvalue weighted by atomic mass is 10.2. The zero-order valence-corrected chi connectivity index (χ0v) is 13.4. The van der Waals surface area contributed by atoms with Crippen molar-refractivity contribution in [3.05, 3.63) is 33.0 Å². The lowest BCUT2D eigenvalue weighted by Gasteiger charge is -2.06. The molecule has 0 aromatic carbocycles. The molecule has 7 nitrogen and oxygen atoms in total. The number of nitrogens with one attached hydrogen (secondary N) is 2. The van der Waals surface area contributed by atoms with E-state index < -0.39 is 16.0 Å². The van der Waals surface area contributed by atoms with E-state index in [9.17, 15) is 13.2 Å². The molecule has 2 heterocycles. The molecule has 3 N–H and O–H groups in total. The van der Waals surface area contributed by atoms with Crippen LogP contribution in [0.1, 0.15) is 32.4 Å². The minimum atomic E-state index is -3.80. The van der Waals surface area contributed by atoms with Gasteiger partial charge in [-0.2, -0.15) is 0 Å². The van der Waals surface area contributed by atoms with Crippen LogP contribution in [0, 0.1) is 20.8 Å². The van der Waals surface area contributed by atoms with Crippen LogP contribution in [0.4, 0.5) is 0 Å². The van der Waals surface area contributed by atoms with Crippen LogP contribution in [0.15, 0.2) is 10.3 Å². The fraction of sp³-hybridized carbons (Fsp3) is 0.333. The van der Waals surface area contributed by atoms with Gasteiger partial charge in [0.1, 0.15) is 15.6 Å². The number of carboxylic acids is 1. The monoisotopic (exact) mass is 329 g/mol. The van der Waals surface area contributed by atoms with E-state index in [4.69, 9.17) is 5.11 Å². The van der Waals surface area contributed by atoms with Crippen molar-refractivity contribution in [3.8, 4) is 0 Å². The van der Waals surface area contributed by atoms with Crippen molar-refractivity contribution in [2.45, 2.75) is 32.2 Å². The van der Waals surface area contributed by atoms with Crippen molar-refractivity contribution in [2.75, 3.05) is 0 Å². The molecular formula is C12H15N3O4S2. The van der Waals surface area contributed by atoms with E-state index in [2.05, 4.69) is 14.7 Å². The maximum Gasteiger partial charge on any atom is 0.352 e. The van der Waals surface area contributed by atoms with E-state index in [0.717, 1.165) is 5.69 Å². The van der Waals surface area contributed by atoms with Crippen molar-refractivity contribution in [1.82, 2.24) is 14.7 Å². The molecule has 21 heavy (non-hydrogen) atoms. The molecule has 0 aliphatic heterocycles. The van der Waals surface area contributed by atoms with Crippen LogP contribution in [0.2, 0.25) is 0 Å². The van der Waals surface area contributed by atoms with E-state index in [1.165, 1.54) is 25.2 Å². The van der Waals surface area contributed by atoms with Gasteiger partial charge in [-0.05, 0) is 20.8 Å². The van der Waals surface area contributed by atoms with E-state index in [1.807, 2.05) is 12.3 Å². The molecule has 114 valence electrons. The Hall–Kier alpha value is -1.71. The number of nitrogens with zero attached hydrogens (tertiary/aromatic N) is 1. The van der Waals surface area contributed by atoms with Gasteiger partial charge in [-0.3, -0.25) is 0 Å². The number of rotatable bonds is 5. The summed E-state index contributed by atoms with van der Waals surface area (Å²) in [5.41, 5.74) is 1.21. The van der Waals surface area contributed by atoms with E-state index >= 15 is 0 Å². The van der Waals surface area contributed by atoms with Gasteiger partial charge in [0, 0.05) is 22.3 Å². The van der Waals surface area contributed by atoms with Gasteiger partial charge in [-0.15, -0.1) is 11.3 Å². The highest BCUT2D eigenvalue weighted by Gasteiger charge is 2.26. The number of H-pyrrole nitrogens is 1. The van der Waals surface area contributed by atoms with Crippen molar-refractivity contribution in [3.63, 3.8) is 0 Å². The quantitative estimate of drug-likeness (QED) is 0.771. The SMILES string of the molecule is Cc1csc(CNS(=O)(=O)c2c(C)[nH]c(C(=O)O)c2C)n1. The Morgan fingerprint density at radius 1 is 1.43 bits per heavy atom. The zero-order valence-electron chi connectivity index (χ0n) is 11.7. The first-order valence-corrected chi connectivity index (χ1v) is 8.41. The summed E-state index contributed by atoms with van der Waals surface area (Å²) < 4.78 is 27.1. The number of carbonyl (C=O) groups is 1. The molecule has 9 heteroatoms. The van der Waals surface area contributed by atoms with Crippen LogP contribution >= 0.6 is 11.3 Å². The second-order valence-corrected chi connectivity index (χ2v) is 7.24. The zero-order chi connectivity index (χ0) is 15.8.